The minimum Gasteiger partial charge on any atom is -0.490 e. The van der Waals surface area contributed by atoms with Crippen molar-refractivity contribution in [2.45, 2.75) is 71.6 Å². The highest BCUT2D eigenvalue weighted by atomic mass is 32.2. The number of nitrogens with one attached hydrogen (secondary N) is 1. The summed E-state index contributed by atoms with van der Waals surface area (Å²) < 4.78 is 11.7. The Labute approximate surface area is 235 Å². The van der Waals surface area contributed by atoms with Gasteiger partial charge in [0.2, 0.25) is 5.17 Å². The van der Waals surface area contributed by atoms with Crippen LogP contribution in [0.2, 0.25) is 0 Å². The molecule has 39 heavy (non-hydrogen) atoms. The van der Waals surface area contributed by atoms with Crippen molar-refractivity contribution in [1.82, 2.24) is 5.01 Å². The van der Waals surface area contributed by atoms with Crippen LogP contribution in [0.5, 0.6) is 11.5 Å². The summed E-state index contributed by atoms with van der Waals surface area (Å²) >= 11 is 1.39. The number of rotatable bonds is 14. The van der Waals surface area contributed by atoms with Gasteiger partial charge in [0.1, 0.15) is 29.8 Å². The predicted octanol–water partition coefficient (Wildman–Crippen LogP) is 7.64. The lowest BCUT2D eigenvalue weighted by molar-refractivity contribution is -0.114. The average molecular weight is 547 g/mol. The summed E-state index contributed by atoms with van der Waals surface area (Å²) in [6.07, 6.45) is 9.54. The summed E-state index contributed by atoms with van der Waals surface area (Å²) in [7, 11) is 0. The Bertz CT molecular complexity index is 1250. The average Bonchev–Trinajstić information content (AvgIpc) is 3.36. The maximum Gasteiger partial charge on any atom is 0.283 e. The molecule has 0 radical (unpaired) electrons. The van der Waals surface area contributed by atoms with Crippen LogP contribution in [-0.2, 0) is 4.79 Å². The Hall–Kier alpha value is -3.39. The van der Waals surface area contributed by atoms with Gasteiger partial charge in [0.05, 0.1) is 5.57 Å². The van der Waals surface area contributed by atoms with Gasteiger partial charge in [0, 0.05) is 0 Å². The molecule has 2 aromatic rings. The number of aliphatic imine (C=N–C) groups is 1. The summed E-state index contributed by atoms with van der Waals surface area (Å²) in [5.41, 5.74) is 2.29. The van der Waals surface area contributed by atoms with Crippen LogP contribution in [0, 0.1) is 5.41 Å². The van der Waals surface area contributed by atoms with E-state index in [0.717, 1.165) is 42.0 Å². The minimum absolute atomic E-state index is 0.0533. The lowest BCUT2D eigenvalue weighted by atomic mass is 9.99. The third-order valence-electron chi connectivity index (χ3n) is 6.84. The van der Waals surface area contributed by atoms with E-state index in [9.17, 15) is 4.79 Å². The zero-order valence-electron chi connectivity index (χ0n) is 23.1. The van der Waals surface area contributed by atoms with E-state index in [1.54, 1.807) is 6.08 Å². The van der Waals surface area contributed by atoms with E-state index in [4.69, 9.17) is 14.9 Å². The second-order valence-electron chi connectivity index (χ2n) is 9.83. The van der Waals surface area contributed by atoms with Gasteiger partial charge in [-0.1, -0.05) is 70.7 Å². The summed E-state index contributed by atoms with van der Waals surface area (Å²) in [4.78, 5) is 17.0. The molecule has 2 aliphatic rings. The van der Waals surface area contributed by atoms with E-state index in [0.29, 0.717) is 30.0 Å². The number of nitrogens with zero attached hydrogens (tertiary/aromatic N) is 3. The van der Waals surface area contributed by atoms with Gasteiger partial charge in [-0.2, -0.15) is 15.1 Å². The topological polar surface area (TPSA) is 87.3 Å². The van der Waals surface area contributed by atoms with Crippen LogP contribution < -0.4 is 9.47 Å². The monoisotopic (exact) mass is 546 g/mol. The van der Waals surface area contributed by atoms with Crippen molar-refractivity contribution >= 4 is 39.8 Å². The smallest absolute Gasteiger partial charge is 0.283 e. The fourth-order valence-electron chi connectivity index (χ4n) is 4.32. The first kappa shape index (κ1) is 28.6. The number of hydrazone groups is 1. The maximum atomic E-state index is 12.8. The fraction of sp³-hybridized carbons (Fsp3) is 0.419. The van der Waals surface area contributed by atoms with E-state index in [2.05, 4.69) is 43.0 Å². The molecular formula is C31H38N4O3S. The number of ether oxygens (including phenoxy) is 2. The Balaban J connectivity index is 1.31. The number of amides is 1. The molecule has 1 amide bonds. The molecule has 4 rings (SSSR count). The van der Waals surface area contributed by atoms with Gasteiger partial charge in [-0.25, -0.2) is 0 Å². The maximum absolute atomic E-state index is 12.8. The van der Waals surface area contributed by atoms with Gasteiger partial charge in [0.15, 0.2) is 5.84 Å². The summed E-state index contributed by atoms with van der Waals surface area (Å²) in [6.45, 7) is 7.41. The van der Waals surface area contributed by atoms with E-state index >= 15 is 0 Å². The van der Waals surface area contributed by atoms with Crippen molar-refractivity contribution in [2.24, 2.45) is 10.1 Å². The zero-order chi connectivity index (χ0) is 27.6. The second-order valence-corrected chi connectivity index (χ2v) is 10.9. The standard InChI is InChI=1S/C31H38N4O3S/c1-4-6-7-8-9-13-28-34-35-29(32)27(30(36)33-31(35)39-28)21-23-11-10-12-26(20-23)38-19-18-37-25-16-14-24(15-17-25)22(3)5-2/h10-12,14-17,20-22,32H,4-9,13,18-19H2,1-3H3/b27-21-,32-29?. The number of thioether (sulfide) groups is 1. The van der Waals surface area contributed by atoms with Gasteiger partial charge in [-0.15, -0.1) is 0 Å². The van der Waals surface area contributed by atoms with Gasteiger partial charge < -0.3 is 9.47 Å². The van der Waals surface area contributed by atoms with Crippen LogP contribution in [0.1, 0.15) is 82.8 Å². The van der Waals surface area contributed by atoms with E-state index < -0.39 is 5.91 Å². The molecule has 2 aliphatic heterocycles. The molecular weight excluding hydrogens is 508 g/mol. The molecule has 1 N–H and O–H groups in total. The van der Waals surface area contributed by atoms with Crippen LogP contribution >= 0.6 is 11.8 Å². The quantitative estimate of drug-likeness (QED) is 0.194. The van der Waals surface area contributed by atoms with Crippen molar-refractivity contribution in [1.29, 1.82) is 5.41 Å². The molecule has 2 heterocycles. The van der Waals surface area contributed by atoms with Crippen molar-refractivity contribution in [3.05, 3.63) is 65.2 Å². The molecule has 0 spiro atoms. The number of amidine groups is 2. The number of hydrogen-bond donors (Lipinski definition) is 1. The highest BCUT2D eigenvalue weighted by Gasteiger charge is 2.35. The minimum atomic E-state index is -0.419. The van der Waals surface area contributed by atoms with Crippen molar-refractivity contribution < 1.29 is 14.3 Å². The highest BCUT2D eigenvalue weighted by Crippen LogP contribution is 2.30. The van der Waals surface area contributed by atoms with Gasteiger partial charge in [0.25, 0.3) is 5.91 Å². The van der Waals surface area contributed by atoms with Gasteiger partial charge in [-0.05, 0) is 78.4 Å². The molecule has 1 atom stereocenters. The predicted molar refractivity (Wildman–Crippen MR) is 161 cm³/mol. The summed E-state index contributed by atoms with van der Waals surface area (Å²) in [5, 5.41) is 16.0. The Morgan fingerprint density at radius 2 is 1.74 bits per heavy atom. The number of carbonyl (C=O) groups excluding carboxylic acids is 1. The van der Waals surface area contributed by atoms with Crippen LogP contribution in [0.3, 0.4) is 0 Å². The molecule has 8 heteroatoms. The van der Waals surface area contributed by atoms with Crippen molar-refractivity contribution in [2.75, 3.05) is 13.2 Å². The molecule has 7 nitrogen and oxygen atoms in total. The third kappa shape index (κ3) is 7.82. The number of benzene rings is 2. The molecule has 0 aliphatic carbocycles. The van der Waals surface area contributed by atoms with E-state index in [-0.39, 0.29) is 11.4 Å². The van der Waals surface area contributed by atoms with Crippen molar-refractivity contribution in [3.63, 3.8) is 0 Å². The first-order valence-electron chi connectivity index (χ1n) is 13.9. The molecule has 0 fully saturated rings. The Morgan fingerprint density at radius 1 is 1.00 bits per heavy atom. The Morgan fingerprint density at radius 3 is 2.49 bits per heavy atom. The van der Waals surface area contributed by atoms with Crippen molar-refractivity contribution in [3.8, 4) is 11.5 Å². The number of carbonyl (C=O) groups is 1. The second kappa shape index (κ2) is 14.1. The lowest BCUT2D eigenvalue weighted by Gasteiger charge is -2.20. The third-order valence-corrected chi connectivity index (χ3v) is 7.81. The molecule has 0 saturated carbocycles. The molecule has 0 aromatic heterocycles. The molecule has 1 unspecified atom stereocenters. The number of unbranched alkanes of at least 4 members (excludes halogenated alkanes) is 4. The first-order chi connectivity index (χ1) is 19.0. The Kier molecular flexibility index (Phi) is 10.4. The first-order valence-corrected chi connectivity index (χ1v) is 14.7. The summed E-state index contributed by atoms with van der Waals surface area (Å²) in [6, 6.07) is 15.7. The fourth-order valence-corrected chi connectivity index (χ4v) is 5.25. The number of fused-ring (bicyclic) bond motifs is 1. The zero-order valence-corrected chi connectivity index (χ0v) is 23.9. The molecule has 206 valence electrons. The molecule has 0 saturated heterocycles. The van der Waals surface area contributed by atoms with E-state index in [1.165, 1.54) is 41.6 Å². The van der Waals surface area contributed by atoms with Crippen LogP contribution in [0.15, 0.2) is 64.2 Å². The SMILES string of the molecule is CCCCCCCC1=NN2C(=N)/C(=C/c3cccc(OCCOc4ccc(C(C)CC)cc4)c3)C(=O)N=C2S1. The van der Waals surface area contributed by atoms with Crippen LogP contribution in [0.4, 0.5) is 0 Å². The van der Waals surface area contributed by atoms with E-state index in [1.807, 2.05) is 36.4 Å². The van der Waals surface area contributed by atoms with Crippen LogP contribution in [-0.4, -0.2) is 40.2 Å². The largest absolute Gasteiger partial charge is 0.490 e. The highest BCUT2D eigenvalue weighted by molar-refractivity contribution is 8.26. The van der Waals surface area contributed by atoms with Crippen LogP contribution in [0.25, 0.3) is 6.08 Å². The van der Waals surface area contributed by atoms with Gasteiger partial charge in [-0.3, -0.25) is 10.2 Å². The summed E-state index contributed by atoms with van der Waals surface area (Å²) in [5.74, 6) is 1.66. The van der Waals surface area contributed by atoms with Gasteiger partial charge >= 0.3 is 0 Å². The lowest BCUT2D eigenvalue weighted by Crippen LogP contribution is -2.35. The molecule has 0 bridgehead atoms. The normalized spacial score (nSPS) is 16.7. The molecule has 2 aromatic carbocycles. The number of hydrogen-bond acceptors (Lipinski definition) is 6.